The minimum absolute atomic E-state index is 0.0628. The van der Waals surface area contributed by atoms with Gasteiger partial charge in [-0.1, -0.05) is 0 Å². The highest BCUT2D eigenvalue weighted by Gasteiger charge is 2.41. The van der Waals surface area contributed by atoms with E-state index in [1.54, 1.807) is 4.90 Å². The van der Waals surface area contributed by atoms with Gasteiger partial charge in [-0.2, -0.15) is 10.2 Å². The van der Waals surface area contributed by atoms with E-state index in [1.807, 2.05) is 56.6 Å². The van der Waals surface area contributed by atoms with Crippen LogP contribution in [0.15, 0.2) is 51.2 Å². The summed E-state index contributed by atoms with van der Waals surface area (Å²) in [6.45, 7) is 17.5. The Hall–Kier alpha value is -5.03. The molecule has 2 aromatic carbocycles. The van der Waals surface area contributed by atoms with E-state index in [9.17, 15) is 14.4 Å². The lowest BCUT2D eigenvalue weighted by Crippen LogP contribution is -2.55. The van der Waals surface area contributed by atoms with Gasteiger partial charge < -0.3 is 44.1 Å². The van der Waals surface area contributed by atoms with Gasteiger partial charge in [-0.25, -0.2) is 15.6 Å². The summed E-state index contributed by atoms with van der Waals surface area (Å²) in [4.78, 5) is 42.3. The second-order valence-electron chi connectivity index (χ2n) is 16.8. The van der Waals surface area contributed by atoms with Crippen molar-refractivity contribution in [3.63, 3.8) is 0 Å². The average molecular weight is 834 g/mol. The van der Waals surface area contributed by atoms with Crippen molar-refractivity contribution in [3.8, 4) is 11.5 Å². The Balaban J connectivity index is 0.000000161. The maximum atomic E-state index is 12.5. The molecule has 3 aromatic rings. The second kappa shape index (κ2) is 13.9. The van der Waals surface area contributed by atoms with Crippen LogP contribution in [-0.4, -0.2) is 102 Å². The lowest BCUT2D eigenvalue weighted by molar-refractivity contribution is -0.123. The SMILES string of the molecule is C[C@H]1C(=O)NN=C2COc3cc(Br)c(N[C@]4(C)CCN(C(=O)OC(C)(C)C)C4)cc3N21.C[C@H]1C(=O)NN=C2COc3cc4ccn([C@]5(C)CCNC5)c4cc3N21. The molecule has 4 atom stereocenters. The van der Waals surface area contributed by atoms with Gasteiger partial charge in [0.2, 0.25) is 0 Å². The number of anilines is 3. The van der Waals surface area contributed by atoms with E-state index in [1.165, 1.54) is 0 Å². The van der Waals surface area contributed by atoms with Crippen LogP contribution in [0.5, 0.6) is 11.5 Å². The molecule has 0 spiro atoms. The number of benzene rings is 2. The Bertz CT molecular complexity index is 2170. The zero-order valence-corrected chi connectivity index (χ0v) is 34.4. The first-order chi connectivity index (χ1) is 26.5. The molecule has 7 heterocycles. The van der Waals surface area contributed by atoms with Crippen LogP contribution in [0.4, 0.5) is 21.9 Å². The van der Waals surface area contributed by atoms with E-state index in [0.717, 1.165) is 70.0 Å². The molecule has 17 heteroatoms. The molecule has 2 saturated heterocycles. The molecule has 298 valence electrons. The largest absolute Gasteiger partial charge is 0.483 e. The van der Waals surface area contributed by atoms with Gasteiger partial charge in [-0.05, 0) is 114 Å². The van der Waals surface area contributed by atoms with Crippen molar-refractivity contribution in [1.82, 2.24) is 25.6 Å². The van der Waals surface area contributed by atoms with E-state index in [0.29, 0.717) is 37.9 Å². The molecule has 1 aromatic heterocycles. The molecule has 6 aliphatic heterocycles. The molecule has 0 radical (unpaired) electrons. The number of halogens is 1. The van der Waals surface area contributed by atoms with Crippen molar-refractivity contribution in [2.45, 2.75) is 90.1 Å². The second-order valence-corrected chi connectivity index (χ2v) is 17.7. The predicted molar refractivity (Wildman–Crippen MR) is 218 cm³/mol. The third kappa shape index (κ3) is 6.88. The Morgan fingerprint density at radius 3 is 2.18 bits per heavy atom. The Morgan fingerprint density at radius 1 is 0.946 bits per heavy atom. The first kappa shape index (κ1) is 37.9. The highest BCUT2D eigenvalue weighted by molar-refractivity contribution is 9.10. The van der Waals surface area contributed by atoms with Gasteiger partial charge in [0.25, 0.3) is 11.8 Å². The van der Waals surface area contributed by atoms with E-state index in [-0.39, 0.29) is 35.0 Å². The monoisotopic (exact) mass is 832 g/mol. The van der Waals surface area contributed by atoms with Crippen LogP contribution in [0.25, 0.3) is 10.9 Å². The van der Waals surface area contributed by atoms with Crippen LogP contribution in [0.3, 0.4) is 0 Å². The van der Waals surface area contributed by atoms with E-state index < -0.39 is 11.6 Å². The van der Waals surface area contributed by atoms with Crippen molar-refractivity contribution in [1.29, 1.82) is 0 Å². The summed E-state index contributed by atoms with van der Waals surface area (Å²) >= 11 is 3.63. The van der Waals surface area contributed by atoms with Gasteiger partial charge in [0.05, 0.1) is 33.7 Å². The summed E-state index contributed by atoms with van der Waals surface area (Å²) in [5.74, 6) is 2.64. The zero-order valence-electron chi connectivity index (χ0n) is 32.8. The van der Waals surface area contributed by atoms with Crippen LogP contribution in [0.1, 0.15) is 61.3 Å². The predicted octanol–water partition coefficient (Wildman–Crippen LogP) is 4.67. The number of ether oxygens (including phenoxy) is 3. The van der Waals surface area contributed by atoms with Gasteiger partial charge in [0.15, 0.2) is 11.7 Å². The number of aromatic nitrogens is 1. The summed E-state index contributed by atoms with van der Waals surface area (Å²) < 4.78 is 20.5. The van der Waals surface area contributed by atoms with Crippen molar-refractivity contribution >= 4 is 73.5 Å². The van der Waals surface area contributed by atoms with Crippen molar-refractivity contribution in [3.05, 3.63) is 41.0 Å². The molecule has 0 unspecified atom stereocenters. The maximum Gasteiger partial charge on any atom is 0.410 e. The maximum absolute atomic E-state index is 12.5. The van der Waals surface area contributed by atoms with E-state index in [2.05, 4.69) is 90.4 Å². The molecular formula is C39H49BrN10O6. The van der Waals surface area contributed by atoms with Crippen LogP contribution in [-0.2, 0) is 19.9 Å². The van der Waals surface area contributed by atoms with Crippen molar-refractivity contribution in [2.75, 3.05) is 54.5 Å². The fourth-order valence-corrected chi connectivity index (χ4v) is 8.57. The minimum Gasteiger partial charge on any atom is -0.483 e. The molecule has 16 nitrogen and oxygen atoms in total. The number of nitrogens with one attached hydrogen (secondary N) is 4. The van der Waals surface area contributed by atoms with E-state index >= 15 is 0 Å². The highest BCUT2D eigenvalue weighted by Crippen LogP contribution is 2.43. The number of amides is 3. The number of nitrogens with zero attached hydrogens (tertiary/aromatic N) is 6. The average Bonchev–Trinajstić information content (AvgIpc) is 3.89. The number of amidine groups is 2. The number of fused-ring (bicyclic) bond motifs is 7. The van der Waals surface area contributed by atoms with E-state index in [4.69, 9.17) is 14.2 Å². The number of hydrazone groups is 2. The topological polar surface area (TPSA) is 166 Å². The Kier molecular flexibility index (Phi) is 9.38. The first-order valence-corrected chi connectivity index (χ1v) is 19.8. The Morgan fingerprint density at radius 2 is 1.57 bits per heavy atom. The fraction of sp³-hybridized carbons (Fsp3) is 0.513. The standard InChI is InChI=1S/C21H28BrN5O4.C18H21N5O2/c1-12-18(28)25-24-17-10-30-16-8-13(22)14(9-15(16)27(12)17)23-21(5)6-7-26(11-21)19(29)31-20(2,3)4;1-11-17(24)21-20-16-9-25-15-7-12-3-6-22(18(2)4-5-19-10-18)13(12)8-14(15)23(11)16/h8-9,12,23H,6-7,10-11H2,1-5H3,(H,25,28);3,6-8,11,19H,4-5,9-10H2,1-2H3,(H,21,24)/t12-,21+;11-,18+/m00/s1. The van der Waals surface area contributed by atoms with Crippen molar-refractivity contribution in [2.24, 2.45) is 10.2 Å². The highest BCUT2D eigenvalue weighted by atomic mass is 79.9. The van der Waals surface area contributed by atoms with Gasteiger partial charge >= 0.3 is 6.09 Å². The van der Waals surface area contributed by atoms with Crippen LogP contribution < -0.4 is 40.8 Å². The summed E-state index contributed by atoms with van der Waals surface area (Å²) in [5, 5.41) is 16.5. The van der Waals surface area contributed by atoms with Gasteiger partial charge in [-0.15, -0.1) is 0 Å². The minimum atomic E-state index is -0.526. The van der Waals surface area contributed by atoms with Crippen LogP contribution >= 0.6 is 15.9 Å². The number of carbonyl (C=O) groups excluding carboxylic acids is 3. The molecule has 0 aliphatic carbocycles. The van der Waals surface area contributed by atoms with Gasteiger partial charge in [-0.3, -0.25) is 9.59 Å². The molecule has 56 heavy (non-hydrogen) atoms. The fourth-order valence-electron chi connectivity index (χ4n) is 8.15. The molecule has 6 aliphatic rings. The number of hydrogen-bond donors (Lipinski definition) is 4. The third-order valence-corrected chi connectivity index (χ3v) is 11.9. The van der Waals surface area contributed by atoms with Gasteiger partial charge in [0, 0.05) is 35.7 Å². The quantitative estimate of drug-likeness (QED) is 0.292. The summed E-state index contributed by atoms with van der Waals surface area (Å²) in [5.41, 5.74) is 8.03. The summed E-state index contributed by atoms with van der Waals surface area (Å²) in [6.07, 6.45) is 3.73. The molecule has 2 fully saturated rings. The number of likely N-dealkylation sites (tertiary alicyclic amines) is 1. The molecular weight excluding hydrogens is 784 g/mol. The smallest absolute Gasteiger partial charge is 0.410 e. The number of carbonyl (C=O) groups is 3. The van der Waals surface area contributed by atoms with Crippen LogP contribution in [0, 0.1) is 0 Å². The first-order valence-electron chi connectivity index (χ1n) is 19.1. The molecule has 0 saturated carbocycles. The summed E-state index contributed by atoms with van der Waals surface area (Å²) in [7, 11) is 0. The molecule has 0 bridgehead atoms. The molecule has 4 N–H and O–H groups in total. The van der Waals surface area contributed by atoms with Crippen molar-refractivity contribution < 1.29 is 28.6 Å². The van der Waals surface area contributed by atoms with Gasteiger partial charge in [0.1, 0.15) is 42.4 Å². The molecule has 3 amide bonds. The van der Waals surface area contributed by atoms with Crippen LogP contribution in [0.2, 0.25) is 0 Å². The zero-order chi connectivity index (χ0) is 39.7. The Labute approximate surface area is 334 Å². The molecule has 9 rings (SSSR count). The third-order valence-electron chi connectivity index (χ3n) is 11.2. The lowest BCUT2D eigenvalue weighted by Gasteiger charge is -2.38. The number of rotatable bonds is 3. The normalized spacial score (nSPS) is 26.5. The lowest BCUT2D eigenvalue weighted by atomic mass is 10.0. The summed E-state index contributed by atoms with van der Waals surface area (Å²) in [6, 6.07) is 9.51. The number of hydrogen-bond acceptors (Lipinski definition) is 12.